The molecule has 0 fully saturated rings. The van der Waals surface area contributed by atoms with E-state index in [-0.39, 0.29) is 32.9 Å². The molecule has 0 aliphatic rings. The second-order valence-corrected chi connectivity index (χ2v) is 42.7. The van der Waals surface area contributed by atoms with Gasteiger partial charge in [0.1, 0.15) is 36.6 Å². The second kappa shape index (κ2) is 54.3. The van der Waals surface area contributed by atoms with Crippen LogP contribution in [0.25, 0.3) is 98.6 Å². The molecule has 0 spiro atoms. The van der Waals surface area contributed by atoms with E-state index in [9.17, 15) is 4.39 Å². The minimum atomic E-state index is -0.291. The van der Waals surface area contributed by atoms with Crippen LogP contribution >= 0.6 is 0 Å². The molecule has 0 amide bonds. The van der Waals surface area contributed by atoms with Gasteiger partial charge in [0.05, 0.1) is 83.6 Å². The van der Waals surface area contributed by atoms with E-state index in [0.717, 1.165) is 122 Å². The van der Waals surface area contributed by atoms with Gasteiger partial charge in [-0.3, -0.25) is 29.9 Å². The smallest absolute Gasteiger partial charge is 0.159 e. The van der Waals surface area contributed by atoms with Crippen molar-refractivity contribution < 1.29 is 4.39 Å². The lowest BCUT2D eigenvalue weighted by Crippen LogP contribution is -2.14. The predicted molar refractivity (Wildman–Crippen MR) is 570 cm³/mol. The van der Waals surface area contributed by atoms with Crippen molar-refractivity contribution in [3.63, 3.8) is 0 Å². The summed E-state index contributed by atoms with van der Waals surface area (Å²) in [7, 11) is 0. The van der Waals surface area contributed by atoms with Crippen LogP contribution in [0.2, 0.25) is 0 Å². The molecule has 11 heterocycles. The molecule has 0 saturated heterocycles. The first-order valence-electron chi connectivity index (χ1n) is 46.4. The van der Waals surface area contributed by atoms with Gasteiger partial charge in [-0.2, -0.15) is 10.2 Å². The Morgan fingerprint density at radius 2 is 0.563 bits per heavy atom. The fraction of sp³-hybridized carbons (Fsp3) is 0.383. The molecule has 18 aromatic rings. The Morgan fingerprint density at radius 3 is 1.01 bits per heavy atom. The van der Waals surface area contributed by atoms with Gasteiger partial charge in [-0.1, -0.05) is 345 Å². The third kappa shape index (κ3) is 45.0. The number of pyridine rings is 3. The van der Waals surface area contributed by atoms with Gasteiger partial charge >= 0.3 is 0 Å². The molecule has 0 atom stereocenters. The van der Waals surface area contributed by atoms with Crippen molar-refractivity contribution in [2.75, 3.05) is 0 Å². The van der Waals surface area contributed by atoms with Gasteiger partial charge in [0, 0.05) is 121 Å². The van der Waals surface area contributed by atoms with E-state index in [0.29, 0.717) is 27.2 Å². The van der Waals surface area contributed by atoms with Gasteiger partial charge in [0.25, 0.3) is 0 Å². The van der Waals surface area contributed by atoms with Gasteiger partial charge in [0.15, 0.2) is 5.65 Å². The van der Waals surface area contributed by atoms with Crippen molar-refractivity contribution in [1.82, 2.24) is 94.9 Å². The lowest BCUT2D eigenvalue weighted by atomic mass is 9.89. The van der Waals surface area contributed by atoms with E-state index >= 15 is 0 Å². The van der Waals surface area contributed by atoms with Crippen molar-refractivity contribution >= 4 is 98.6 Å². The average molecular weight is 1820 g/mol. The number of halogens is 1. The molecule has 714 valence electrons. The molecule has 18 rings (SSSR count). The van der Waals surface area contributed by atoms with Crippen LogP contribution in [-0.2, 0) is 27.1 Å². The summed E-state index contributed by atoms with van der Waals surface area (Å²) in [6.07, 6.45) is 23.8. The Balaban J connectivity index is 0.000000309. The molecule has 11 aromatic heterocycles. The first-order chi connectivity index (χ1) is 63.2. The van der Waals surface area contributed by atoms with Crippen molar-refractivity contribution in [2.24, 2.45) is 21.7 Å². The summed E-state index contributed by atoms with van der Waals surface area (Å²) < 4.78 is 13.5. The average Bonchev–Trinajstić information content (AvgIpc) is 0.800. The number of nitrogens with zero attached hydrogens (tertiary/aromatic N) is 19. The van der Waals surface area contributed by atoms with Crippen LogP contribution in [-0.4, -0.2) is 94.9 Å². The molecule has 0 unspecified atom stereocenters. The molecule has 0 bridgehead atoms. The zero-order valence-corrected chi connectivity index (χ0v) is 87.5. The van der Waals surface area contributed by atoms with Crippen LogP contribution in [0.4, 0.5) is 4.39 Å². The third-order valence-electron chi connectivity index (χ3n) is 16.7. The van der Waals surface area contributed by atoms with E-state index in [1.807, 2.05) is 216 Å². The summed E-state index contributed by atoms with van der Waals surface area (Å²) in [5.74, 6) is -0.291. The monoisotopic (exact) mass is 1820 g/mol. The summed E-state index contributed by atoms with van der Waals surface area (Å²) in [5.41, 5.74) is 18.1. The van der Waals surface area contributed by atoms with Gasteiger partial charge in [-0.15, -0.1) is 0 Å². The summed E-state index contributed by atoms with van der Waals surface area (Å²) >= 11 is 0. The molecule has 0 saturated carbocycles. The van der Waals surface area contributed by atoms with E-state index in [2.05, 4.69) is 328 Å². The molecule has 0 aliphatic carbocycles. The Bertz CT molecular complexity index is 5660. The number of hydrogen-bond acceptors (Lipinski definition) is 19. The van der Waals surface area contributed by atoms with Crippen LogP contribution in [0.1, 0.15) is 271 Å². The SMILES string of the molecule is CC.CC.CC(C)(C)C.CC(C)(C)C.CC(C)(C)C.CC(C)(C)C.CC(C)(C)c1cc2ccccc2nn1.CC(C)(C)c1cnc2ccccc2n1.CC(C)(C)c1nccc2ncncc12.CC(C)(C)c1ncnc2c(F)cccc12.CC(C)(C)c1ncnc2ccccc12.c1ccc2nccnc2c1.c1ccc2nccnc2c1.c1ccc2ncncc2c1.c1cnc2ncccc2c1. The molecule has 0 aliphatic heterocycles. The maximum atomic E-state index is 13.5. The Labute approximate surface area is 805 Å². The predicted octanol–water partition coefficient (Wildman–Crippen LogP) is 31.0. The highest BCUT2D eigenvalue weighted by molar-refractivity contribution is 5.84. The van der Waals surface area contributed by atoms with Crippen molar-refractivity contribution in [1.29, 1.82) is 0 Å². The Hall–Kier alpha value is -13.1. The van der Waals surface area contributed by atoms with Crippen molar-refractivity contribution in [2.45, 2.75) is 269 Å². The number of hydrogen-bond donors (Lipinski definition) is 0. The van der Waals surface area contributed by atoms with Crippen molar-refractivity contribution in [3.05, 3.63) is 322 Å². The number of aromatic nitrogens is 19. The van der Waals surface area contributed by atoms with Gasteiger partial charge in [0.2, 0.25) is 0 Å². The molecule has 0 radical (unpaired) electrons. The fourth-order valence-corrected chi connectivity index (χ4v) is 11.1. The number of para-hydroxylation sites is 9. The van der Waals surface area contributed by atoms with E-state index in [1.54, 1.807) is 68.4 Å². The number of benzene rings is 7. The highest BCUT2D eigenvalue weighted by atomic mass is 19.1. The first-order valence-corrected chi connectivity index (χ1v) is 46.4. The maximum Gasteiger partial charge on any atom is 0.159 e. The van der Waals surface area contributed by atoms with Crippen LogP contribution in [0.5, 0.6) is 0 Å². The molecule has 7 aromatic carbocycles. The summed E-state index contributed by atoms with van der Waals surface area (Å²) in [4.78, 5) is 71.0. The van der Waals surface area contributed by atoms with Crippen molar-refractivity contribution in [3.8, 4) is 0 Å². The molecule has 19 nitrogen and oxygen atoms in total. The van der Waals surface area contributed by atoms with E-state index in [1.165, 1.54) is 12.4 Å². The zero-order chi connectivity index (χ0) is 101. The summed E-state index contributed by atoms with van der Waals surface area (Å²) in [6.45, 7) is 75.0. The maximum absolute atomic E-state index is 13.5. The largest absolute Gasteiger partial charge is 0.260 e. The number of rotatable bonds is 0. The van der Waals surface area contributed by atoms with Gasteiger partial charge in [-0.05, 0) is 119 Å². The normalized spacial score (nSPS) is 11.1. The first kappa shape index (κ1) is 114. The minimum absolute atomic E-state index is 0.0320. The highest BCUT2D eigenvalue weighted by Gasteiger charge is 2.23. The summed E-state index contributed by atoms with van der Waals surface area (Å²) in [5, 5.41) is 14.8. The molecular weight excluding hydrogens is 1670 g/mol. The zero-order valence-electron chi connectivity index (χ0n) is 87.5. The fourth-order valence-electron chi connectivity index (χ4n) is 11.1. The Kier molecular flexibility index (Phi) is 45.9. The van der Waals surface area contributed by atoms with Crippen LogP contribution in [0.3, 0.4) is 0 Å². The molecule has 20 heteroatoms. The van der Waals surface area contributed by atoms with E-state index in [4.69, 9.17) is 0 Å². The van der Waals surface area contributed by atoms with Crippen LogP contribution < -0.4 is 0 Å². The number of fused-ring (bicyclic) bond motifs is 9. The minimum Gasteiger partial charge on any atom is -0.260 e. The Morgan fingerprint density at radius 1 is 0.215 bits per heavy atom. The lowest BCUT2D eigenvalue weighted by Gasteiger charge is -2.19. The lowest BCUT2D eigenvalue weighted by molar-refractivity contribution is 0.469. The third-order valence-corrected chi connectivity index (χ3v) is 16.7. The van der Waals surface area contributed by atoms with Gasteiger partial charge in [-0.25, -0.2) is 59.2 Å². The second-order valence-electron chi connectivity index (χ2n) is 42.7. The molecular formula is C115H152FN19. The van der Waals surface area contributed by atoms with E-state index < -0.39 is 0 Å². The molecule has 135 heavy (non-hydrogen) atoms. The summed E-state index contributed by atoms with van der Waals surface area (Å²) in [6, 6.07) is 64.4. The van der Waals surface area contributed by atoms with Gasteiger partial charge < -0.3 is 0 Å². The molecule has 0 N–H and O–H groups in total. The standard InChI is InChI=1S/C12H13FN2.3C12H14N2.C11H13N3.4C8H6N2.4C5H12.2C2H6/c1-12(2,3)11-8-5-4-6-9(13)10(8)14-7-15-11;1-12(2,3)11-9-6-4-5-7-10(9)13-8-14-11;1-12(2,3)11-8-13-9-6-4-5-7-10(9)14-11;1-12(2,3)11-8-9-6-4-5-7-10(9)13-14-11;1-11(2,3)10-8-6-12-7-14-9(8)4-5-13-10;1-3-7-4-2-6-10-8(7)9-5-1;1-2-4-8-7(3-1)5-9-6-10-8;2*1-2-4-8-7(3-1)9-5-6-10-8;4*1-5(2,3)4;2*1-2/h4-7H,1-3H3;3*4-8H,1-3H3;4-7H,1-3H3;4*1-6H;4*1-4H3;2*1-2H3. The highest BCUT2D eigenvalue weighted by Crippen LogP contribution is 2.31. The topological polar surface area (TPSA) is 245 Å². The van der Waals surface area contributed by atoms with Crippen LogP contribution in [0.15, 0.2) is 287 Å². The van der Waals surface area contributed by atoms with Crippen LogP contribution in [0, 0.1) is 27.5 Å². The quantitative estimate of drug-likeness (QED) is 0.137.